The average Bonchev–Trinajstić information content (AvgIpc) is 3.32. The normalized spacial score (nSPS) is 22.3. The molecule has 0 unspecified atom stereocenters. The molecule has 1 atom stereocenters. The van der Waals surface area contributed by atoms with Gasteiger partial charge in [-0.2, -0.15) is 0 Å². The zero-order valence-corrected chi connectivity index (χ0v) is 18.3. The Kier molecular flexibility index (Phi) is 5.89. The summed E-state index contributed by atoms with van der Waals surface area (Å²) in [6.07, 6.45) is 5.55. The number of carbonyl (C=O) groups is 1. The van der Waals surface area contributed by atoms with Gasteiger partial charge in [0.15, 0.2) is 0 Å². The molecule has 1 amide bonds. The summed E-state index contributed by atoms with van der Waals surface area (Å²) in [5, 5.41) is 19.1. The van der Waals surface area contributed by atoms with Gasteiger partial charge in [0.1, 0.15) is 5.82 Å². The summed E-state index contributed by atoms with van der Waals surface area (Å²) in [5.74, 6) is 0.837. The molecule has 1 aromatic carbocycles. The highest BCUT2D eigenvalue weighted by atomic mass is 16.4. The van der Waals surface area contributed by atoms with Gasteiger partial charge in [-0.1, -0.05) is 12.1 Å². The number of hydrogen-bond donors (Lipinski definition) is 2. The second-order valence-electron chi connectivity index (χ2n) is 8.88. The molecule has 2 fully saturated rings. The Bertz CT molecular complexity index is 945. The van der Waals surface area contributed by atoms with Crippen molar-refractivity contribution in [1.82, 2.24) is 9.88 Å². The summed E-state index contributed by atoms with van der Waals surface area (Å²) >= 11 is 0. The van der Waals surface area contributed by atoms with E-state index in [4.69, 9.17) is 4.98 Å². The van der Waals surface area contributed by atoms with Crippen LogP contribution in [0.5, 0.6) is 0 Å². The van der Waals surface area contributed by atoms with Crippen LogP contribution in [0.3, 0.4) is 0 Å². The lowest BCUT2D eigenvalue weighted by Crippen LogP contribution is -2.47. The van der Waals surface area contributed by atoms with Gasteiger partial charge < -0.3 is 20.0 Å². The van der Waals surface area contributed by atoms with Crippen molar-refractivity contribution in [2.24, 2.45) is 0 Å². The minimum Gasteiger partial charge on any atom is -0.465 e. The van der Waals surface area contributed by atoms with E-state index in [0.717, 1.165) is 56.1 Å². The van der Waals surface area contributed by atoms with Crippen molar-refractivity contribution in [1.29, 1.82) is 0 Å². The lowest BCUT2D eigenvalue weighted by molar-refractivity contribution is 0.105. The van der Waals surface area contributed by atoms with Gasteiger partial charge >= 0.3 is 6.09 Å². The highest BCUT2D eigenvalue weighted by Gasteiger charge is 2.33. The molecule has 2 N–H and O–H groups in total. The molecule has 3 aliphatic heterocycles. The molecule has 5 rings (SSSR count). The quantitative estimate of drug-likeness (QED) is 0.760. The number of likely N-dealkylation sites (tertiary alicyclic amines) is 1. The number of benzene rings is 1. The predicted molar refractivity (Wildman–Crippen MR) is 125 cm³/mol. The fourth-order valence-corrected chi connectivity index (χ4v) is 5.51. The number of nitrogens with zero attached hydrogens (tertiary/aromatic N) is 5. The molecule has 0 aliphatic carbocycles. The first-order valence-electron chi connectivity index (χ1n) is 11.6. The monoisotopic (exact) mass is 437 g/mol. The minimum atomic E-state index is -0.928. The number of para-hydroxylation sites is 2. The molecular formula is C24H31N5O3. The third-order valence-corrected chi connectivity index (χ3v) is 7.18. The van der Waals surface area contributed by atoms with Crippen LogP contribution in [-0.4, -0.2) is 77.6 Å². The van der Waals surface area contributed by atoms with Gasteiger partial charge in [0.05, 0.1) is 29.9 Å². The highest BCUT2D eigenvalue weighted by molar-refractivity contribution is 5.93. The van der Waals surface area contributed by atoms with Crippen molar-refractivity contribution in [3.63, 3.8) is 0 Å². The van der Waals surface area contributed by atoms with E-state index in [1.807, 2.05) is 36.5 Å². The molecule has 2 aromatic rings. The molecule has 8 heteroatoms. The van der Waals surface area contributed by atoms with E-state index in [0.29, 0.717) is 30.9 Å². The number of rotatable bonds is 4. The molecule has 0 radical (unpaired) electrons. The van der Waals surface area contributed by atoms with Crippen LogP contribution in [0, 0.1) is 0 Å². The molecule has 3 aliphatic rings. The molecule has 0 bridgehead atoms. The first-order chi connectivity index (χ1) is 15.7. The van der Waals surface area contributed by atoms with Gasteiger partial charge in [-0.3, -0.25) is 9.80 Å². The average molecular weight is 438 g/mol. The maximum atomic E-state index is 11.6. The van der Waals surface area contributed by atoms with E-state index >= 15 is 0 Å². The number of fused-ring (bicyclic) bond motifs is 1. The number of amides is 1. The summed E-state index contributed by atoms with van der Waals surface area (Å²) in [4.78, 5) is 24.7. The van der Waals surface area contributed by atoms with E-state index in [9.17, 15) is 15.0 Å². The van der Waals surface area contributed by atoms with Crippen molar-refractivity contribution in [2.45, 2.75) is 37.8 Å². The first-order valence-corrected chi connectivity index (χ1v) is 11.6. The number of piperidine rings is 1. The second kappa shape index (κ2) is 8.96. The highest BCUT2D eigenvalue weighted by Crippen LogP contribution is 2.37. The number of aliphatic hydroxyl groups excluding tert-OH is 1. The van der Waals surface area contributed by atoms with Gasteiger partial charge in [-0.15, -0.1) is 0 Å². The molecule has 1 aromatic heterocycles. The maximum absolute atomic E-state index is 11.6. The number of aromatic nitrogens is 1. The summed E-state index contributed by atoms with van der Waals surface area (Å²) in [6.45, 7) is 4.37. The van der Waals surface area contributed by atoms with E-state index in [1.54, 1.807) is 0 Å². The Morgan fingerprint density at radius 2 is 1.75 bits per heavy atom. The van der Waals surface area contributed by atoms with E-state index in [1.165, 1.54) is 11.3 Å². The van der Waals surface area contributed by atoms with Crippen molar-refractivity contribution < 1.29 is 15.0 Å². The first kappa shape index (κ1) is 21.0. The Morgan fingerprint density at radius 3 is 2.44 bits per heavy atom. The van der Waals surface area contributed by atoms with Gasteiger partial charge in [0, 0.05) is 38.3 Å². The maximum Gasteiger partial charge on any atom is 0.411 e. The molecule has 32 heavy (non-hydrogen) atoms. The second-order valence-corrected chi connectivity index (χ2v) is 8.88. The van der Waals surface area contributed by atoms with Crippen LogP contribution in [0.2, 0.25) is 0 Å². The zero-order valence-electron chi connectivity index (χ0n) is 18.3. The molecule has 8 nitrogen and oxygen atoms in total. The van der Waals surface area contributed by atoms with Crippen LogP contribution >= 0.6 is 0 Å². The predicted octanol–water partition coefficient (Wildman–Crippen LogP) is 3.14. The van der Waals surface area contributed by atoms with Crippen LogP contribution in [0.4, 0.5) is 27.7 Å². The van der Waals surface area contributed by atoms with Crippen LogP contribution in [-0.2, 0) is 0 Å². The van der Waals surface area contributed by atoms with Gasteiger partial charge in [0.2, 0.25) is 0 Å². The number of anilines is 4. The largest absolute Gasteiger partial charge is 0.465 e. The third-order valence-electron chi connectivity index (χ3n) is 7.18. The summed E-state index contributed by atoms with van der Waals surface area (Å²) < 4.78 is 0. The smallest absolute Gasteiger partial charge is 0.411 e. The summed E-state index contributed by atoms with van der Waals surface area (Å²) in [5.41, 5.74) is 2.69. The molecule has 170 valence electrons. The van der Waals surface area contributed by atoms with Crippen molar-refractivity contribution in [2.75, 3.05) is 54.0 Å². The molecular weight excluding hydrogens is 406 g/mol. The van der Waals surface area contributed by atoms with Crippen molar-refractivity contribution in [3.8, 4) is 0 Å². The summed E-state index contributed by atoms with van der Waals surface area (Å²) in [6, 6.07) is 12.7. The Balaban J connectivity index is 1.26. The molecule has 0 saturated carbocycles. The van der Waals surface area contributed by atoms with Gasteiger partial charge in [-0.25, -0.2) is 9.78 Å². The Hall–Kier alpha value is -2.84. The zero-order chi connectivity index (χ0) is 22.1. The standard InChI is InChI=1S/C24H31N5O3/c30-17-20-4-3-11-27(20)18-9-12-26(13-10-18)19-7-8-23(25-16-19)28-14-15-29(24(31)32)22-6-2-1-5-21(22)28/h1-2,5-8,16,18,20,30H,3-4,9-15,17H2,(H,31,32)/t20-/m1/s1. The molecule has 2 saturated heterocycles. The minimum absolute atomic E-state index is 0.273. The molecule has 0 spiro atoms. The number of aliphatic hydroxyl groups is 1. The lowest BCUT2D eigenvalue weighted by atomic mass is 10.0. The van der Waals surface area contributed by atoms with Crippen molar-refractivity contribution >= 4 is 29.0 Å². The van der Waals surface area contributed by atoms with Crippen LogP contribution in [0.25, 0.3) is 0 Å². The van der Waals surface area contributed by atoms with Crippen molar-refractivity contribution in [3.05, 3.63) is 42.6 Å². The molecule has 4 heterocycles. The Labute approximate surface area is 188 Å². The van der Waals surface area contributed by atoms with E-state index in [-0.39, 0.29) is 6.61 Å². The summed E-state index contributed by atoms with van der Waals surface area (Å²) in [7, 11) is 0. The van der Waals surface area contributed by atoms with Crippen LogP contribution in [0.1, 0.15) is 25.7 Å². The fraction of sp³-hybridized carbons (Fsp3) is 0.500. The fourth-order valence-electron chi connectivity index (χ4n) is 5.51. The van der Waals surface area contributed by atoms with Crippen LogP contribution < -0.4 is 14.7 Å². The third kappa shape index (κ3) is 3.89. The van der Waals surface area contributed by atoms with Gasteiger partial charge in [0.25, 0.3) is 0 Å². The van der Waals surface area contributed by atoms with Gasteiger partial charge in [-0.05, 0) is 56.5 Å². The van der Waals surface area contributed by atoms with Crippen LogP contribution in [0.15, 0.2) is 42.6 Å². The SMILES string of the molecule is O=C(O)N1CCN(c2ccc(N3CCC(N4CCC[C@@H]4CO)CC3)cn2)c2ccccc21. The Morgan fingerprint density at radius 1 is 0.969 bits per heavy atom. The lowest BCUT2D eigenvalue weighted by Gasteiger charge is -2.40. The number of carboxylic acid groups (broad SMARTS) is 1. The van der Waals surface area contributed by atoms with E-state index in [2.05, 4.69) is 20.8 Å². The number of hydrogen-bond acceptors (Lipinski definition) is 6. The number of pyridine rings is 1. The topological polar surface area (TPSA) is 83.4 Å². The van der Waals surface area contributed by atoms with E-state index < -0.39 is 6.09 Å².